The quantitative estimate of drug-likeness (QED) is 0.285. The van der Waals surface area contributed by atoms with Gasteiger partial charge in [-0.1, -0.05) is 47.5 Å². The van der Waals surface area contributed by atoms with Gasteiger partial charge in [0.2, 0.25) is 11.6 Å². The van der Waals surface area contributed by atoms with E-state index in [1.165, 1.54) is 0 Å². The van der Waals surface area contributed by atoms with Gasteiger partial charge in [0.25, 0.3) is 0 Å². The number of nitriles is 1. The van der Waals surface area contributed by atoms with Crippen LogP contribution in [0.4, 0.5) is 0 Å². The van der Waals surface area contributed by atoms with Crippen molar-refractivity contribution in [2.24, 2.45) is 5.73 Å². The normalized spacial score (nSPS) is 14.9. The van der Waals surface area contributed by atoms with Crippen LogP contribution < -0.4 is 15.2 Å². The topological polar surface area (TPSA) is 98.5 Å². The molecule has 0 fully saturated rings. The van der Waals surface area contributed by atoms with Crippen molar-refractivity contribution in [1.82, 2.24) is 0 Å². The number of carbonyl (C=O) groups excluding carboxylic acids is 1. The second-order valence-corrected chi connectivity index (χ2v) is 8.50. The first-order valence-electron chi connectivity index (χ1n) is 10.5. The highest BCUT2D eigenvalue weighted by Gasteiger charge is 2.32. The number of hydrogen-bond donors (Lipinski definition) is 1. The summed E-state index contributed by atoms with van der Waals surface area (Å²) in [6, 6.07) is 20.1. The number of fused-ring (bicyclic) bond motifs is 2. The molecule has 4 aromatic rings. The third-order valence-corrected chi connectivity index (χ3v) is 6.24. The van der Waals surface area contributed by atoms with Crippen LogP contribution in [0.3, 0.4) is 0 Å². The van der Waals surface area contributed by atoms with Crippen molar-refractivity contribution in [3.05, 3.63) is 105 Å². The standard InChI is InChI=1S/C27H19ClN2O4/c1-14-7-10-22-19(11-14)15(2)25(33-22)27(31)32-16-8-9-18-23(12-16)34-26(30)20(13-29)24(18)17-5-3-4-6-21(17)28/h3-12,24H,30H2,1-2H3. The predicted molar refractivity (Wildman–Crippen MR) is 128 cm³/mol. The molecule has 0 saturated carbocycles. The molecule has 1 aliphatic heterocycles. The summed E-state index contributed by atoms with van der Waals surface area (Å²) >= 11 is 6.43. The van der Waals surface area contributed by atoms with Crippen molar-refractivity contribution >= 4 is 28.5 Å². The molecule has 168 valence electrons. The summed E-state index contributed by atoms with van der Waals surface area (Å²) < 4.78 is 17.1. The molecule has 2 heterocycles. The average molecular weight is 471 g/mol. The van der Waals surface area contributed by atoms with Crippen LogP contribution in [0, 0.1) is 25.2 Å². The maximum atomic E-state index is 12.9. The molecule has 5 rings (SSSR count). The SMILES string of the molecule is Cc1ccc2oc(C(=O)Oc3ccc4c(c3)OC(N)=C(C#N)C4c3ccccc3Cl)c(C)c2c1. The van der Waals surface area contributed by atoms with Gasteiger partial charge >= 0.3 is 5.97 Å². The zero-order valence-corrected chi connectivity index (χ0v) is 19.1. The van der Waals surface area contributed by atoms with Crippen molar-refractivity contribution in [3.8, 4) is 17.6 Å². The van der Waals surface area contributed by atoms with Gasteiger partial charge in [-0.15, -0.1) is 0 Å². The van der Waals surface area contributed by atoms with Crippen molar-refractivity contribution < 1.29 is 18.7 Å². The van der Waals surface area contributed by atoms with E-state index < -0.39 is 11.9 Å². The second kappa shape index (κ2) is 8.29. The molecule has 0 radical (unpaired) electrons. The third kappa shape index (κ3) is 3.57. The Bertz CT molecular complexity index is 1540. The van der Waals surface area contributed by atoms with E-state index in [0.717, 1.165) is 16.5 Å². The molecule has 3 aromatic carbocycles. The maximum absolute atomic E-state index is 12.9. The van der Waals surface area contributed by atoms with Gasteiger partial charge in [-0.05, 0) is 43.7 Å². The van der Waals surface area contributed by atoms with Crippen molar-refractivity contribution in [3.63, 3.8) is 0 Å². The summed E-state index contributed by atoms with van der Waals surface area (Å²) in [7, 11) is 0. The Morgan fingerprint density at radius 3 is 2.65 bits per heavy atom. The molecule has 1 aliphatic rings. The number of rotatable bonds is 3. The molecule has 0 amide bonds. The number of carbonyl (C=O) groups is 1. The first-order chi connectivity index (χ1) is 16.4. The zero-order valence-electron chi connectivity index (χ0n) is 18.4. The van der Waals surface area contributed by atoms with E-state index >= 15 is 0 Å². The second-order valence-electron chi connectivity index (χ2n) is 8.09. The molecule has 0 saturated heterocycles. The number of allylic oxidation sites excluding steroid dienone is 1. The molecule has 0 aliphatic carbocycles. The number of hydrogen-bond acceptors (Lipinski definition) is 6. The molecule has 7 heteroatoms. The van der Waals surface area contributed by atoms with Gasteiger partial charge in [-0.2, -0.15) is 5.26 Å². The molecule has 34 heavy (non-hydrogen) atoms. The smallest absolute Gasteiger partial charge is 0.379 e. The summed E-state index contributed by atoms with van der Waals surface area (Å²) in [5.41, 5.74) is 10.1. The number of aryl methyl sites for hydroxylation is 2. The van der Waals surface area contributed by atoms with Gasteiger partial charge in [0, 0.05) is 27.6 Å². The van der Waals surface area contributed by atoms with Crippen LogP contribution >= 0.6 is 11.6 Å². The number of halogens is 1. The molecule has 6 nitrogen and oxygen atoms in total. The third-order valence-electron chi connectivity index (χ3n) is 5.89. The lowest BCUT2D eigenvalue weighted by Gasteiger charge is -2.27. The average Bonchev–Trinajstić information content (AvgIpc) is 3.14. The van der Waals surface area contributed by atoms with Gasteiger partial charge in [0.1, 0.15) is 28.7 Å². The van der Waals surface area contributed by atoms with Crippen LogP contribution in [0.5, 0.6) is 11.5 Å². The van der Waals surface area contributed by atoms with E-state index in [-0.39, 0.29) is 23.0 Å². The summed E-state index contributed by atoms with van der Waals surface area (Å²) in [5, 5.41) is 11.1. The number of nitrogens with two attached hydrogens (primary N) is 1. The molecular formula is C27H19ClN2O4. The Balaban J connectivity index is 1.50. The summed E-state index contributed by atoms with van der Waals surface area (Å²) in [4.78, 5) is 12.9. The minimum Gasteiger partial charge on any atom is -0.449 e. The summed E-state index contributed by atoms with van der Waals surface area (Å²) in [6.45, 7) is 3.80. The van der Waals surface area contributed by atoms with Crippen molar-refractivity contribution in [2.75, 3.05) is 0 Å². The lowest BCUT2D eigenvalue weighted by Crippen LogP contribution is -2.21. The number of furan rings is 1. The summed E-state index contributed by atoms with van der Waals surface area (Å²) in [5.74, 6) is -0.375. The highest BCUT2D eigenvalue weighted by Crippen LogP contribution is 2.45. The molecular weight excluding hydrogens is 452 g/mol. The Morgan fingerprint density at radius 2 is 1.88 bits per heavy atom. The lowest BCUT2D eigenvalue weighted by atomic mass is 9.83. The van der Waals surface area contributed by atoms with E-state index in [4.69, 9.17) is 31.2 Å². The van der Waals surface area contributed by atoms with E-state index in [1.807, 2.05) is 50.2 Å². The monoisotopic (exact) mass is 470 g/mol. The van der Waals surface area contributed by atoms with E-state index in [1.54, 1.807) is 24.3 Å². The van der Waals surface area contributed by atoms with Crippen LogP contribution in [0.1, 0.15) is 38.7 Å². The minimum atomic E-state index is -0.619. The van der Waals surface area contributed by atoms with Crippen LogP contribution in [-0.2, 0) is 0 Å². The van der Waals surface area contributed by atoms with Crippen molar-refractivity contribution in [2.45, 2.75) is 19.8 Å². The van der Waals surface area contributed by atoms with Gasteiger partial charge in [0.05, 0.1) is 5.92 Å². The molecule has 1 aromatic heterocycles. The predicted octanol–water partition coefficient (Wildman–Crippen LogP) is 6.14. The van der Waals surface area contributed by atoms with Crippen LogP contribution in [-0.4, -0.2) is 5.97 Å². The van der Waals surface area contributed by atoms with Crippen LogP contribution in [0.25, 0.3) is 11.0 Å². The molecule has 0 spiro atoms. The first-order valence-corrected chi connectivity index (χ1v) is 10.9. The van der Waals surface area contributed by atoms with Crippen molar-refractivity contribution in [1.29, 1.82) is 5.26 Å². The zero-order chi connectivity index (χ0) is 24.0. The highest BCUT2D eigenvalue weighted by molar-refractivity contribution is 6.31. The molecule has 1 atom stereocenters. The Hall–Kier alpha value is -4.21. The number of esters is 1. The molecule has 1 unspecified atom stereocenters. The van der Waals surface area contributed by atoms with Gasteiger partial charge in [0.15, 0.2) is 0 Å². The summed E-state index contributed by atoms with van der Waals surface area (Å²) in [6.07, 6.45) is 0. The number of nitrogens with zero attached hydrogens (tertiary/aromatic N) is 1. The van der Waals surface area contributed by atoms with E-state index in [2.05, 4.69) is 6.07 Å². The fourth-order valence-corrected chi connectivity index (χ4v) is 4.46. The Kier molecular flexibility index (Phi) is 5.27. The molecule has 0 bridgehead atoms. The van der Waals surface area contributed by atoms with Gasteiger partial charge in [-0.3, -0.25) is 0 Å². The highest BCUT2D eigenvalue weighted by atomic mass is 35.5. The number of ether oxygens (including phenoxy) is 2. The maximum Gasteiger partial charge on any atom is 0.379 e. The van der Waals surface area contributed by atoms with E-state index in [9.17, 15) is 10.1 Å². The first kappa shape index (κ1) is 21.6. The fourth-order valence-electron chi connectivity index (χ4n) is 4.21. The van der Waals surface area contributed by atoms with Gasteiger partial charge in [-0.25, -0.2) is 4.79 Å². The number of benzene rings is 3. The Morgan fingerprint density at radius 1 is 1.09 bits per heavy atom. The van der Waals surface area contributed by atoms with Crippen LogP contribution in [0.15, 0.2) is 76.5 Å². The lowest BCUT2D eigenvalue weighted by molar-refractivity contribution is 0.0702. The minimum absolute atomic E-state index is 0.0214. The fraction of sp³-hybridized carbons (Fsp3) is 0.111. The molecule has 2 N–H and O–H groups in total. The Labute approximate surface area is 200 Å². The van der Waals surface area contributed by atoms with Gasteiger partial charge < -0.3 is 19.6 Å². The largest absolute Gasteiger partial charge is 0.449 e. The van der Waals surface area contributed by atoms with E-state index in [0.29, 0.717) is 27.5 Å². The van der Waals surface area contributed by atoms with Crippen LogP contribution in [0.2, 0.25) is 5.02 Å².